The Bertz CT molecular complexity index is 527. The van der Waals surface area contributed by atoms with Gasteiger partial charge in [-0.25, -0.2) is 9.97 Å². The number of aryl methyl sites for hydroxylation is 1. The van der Waals surface area contributed by atoms with Crippen LogP contribution in [-0.2, 0) is 6.42 Å². The van der Waals surface area contributed by atoms with Crippen LogP contribution in [0.1, 0.15) is 24.4 Å². The van der Waals surface area contributed by atoms with Crippen LogP contribution in [0.4, 0.5) is 0 Å². The number of piperidine rings is 1. The molecule has 0 bridgehead atoms. The van der Waals surface area contributed by atoms with Gasteiger partial charge in [0.2, 0.25) is 0 Å². The molecular formula is C15H20N4. The quantitative estimate of drug-likeness (QED) is 0.886. The van der Waals surface area contributed by atoms with Gasteiger partial charge in [-0.2, -0.15) is 0 Å². The summed E-state index contributed by atoms with van der Waals surface area (Å²) < 4.78 is 0. The second-order valence-corrected chi connectivity index (χ2v) is 5.31. The van der Waals surface area contributed by atoms with Gasteiger partial charge in [0, 0.05) is 18.3 Å². The number of H-pyrrole nitrogens is 1. The highest BCUT2D eigenvalue weighted by Crippen LogP contribution is 2.18. The van der Waals surface area contributed by atoms with E-state index in [0.29, 0.717) is 5.92 Å². The van der Waals surface area contributed by atoms with Crippen LogP contribution in [-0.4, -0.2) is 28.0 Å². The third-order valence-corrected chi connectivity index (χ3v) is 3.64. The first-order chi connectivity index (χ1) is 9.31. The second kappa shape index (κ2) is 5.53. The number of aromatic amines is 1. The van der Waals surface area contributed by atoms with Crippen molar-refractivity contribution in [1.82, 2.24) is 20.3 Å². The molecule has 2 aromatic heterocycles. The molecule has 100 valence electrons. The van der Waals surface area contributed by atoms with Crippen molar-refractivity contribution in [2.24, 2.45) is 5.92 Å². The predicted octanol–water partition coefficient (Wildman–Crippen LogP) is 2.32. The fourth-order valence-electron chi connectivity index (χ4n) is 2.71. The van der Waals surface area contributed by atoms with Crippen molar-refractivity contribution in [2.45, 2.75) is 26.2 Å². The van der Waals surface area contributed by atoms with Crippen molar-refractivity contribution >= 4 is 0 Å². The molecule has 3 heterocycles. The van der Waals surface area contributed by atoms with Gasteiger partial charge in [0.05, 0.1) is 11.4 Å². The predicted molar refractivity (Wildman–Crippen MR) is 75.9 cm³/mol. The zero-order valence-corrected chi connectivity index (χ0v) is 11.3. The van der Waals surface area contributed by atoms with E-state index in [-0.39, 0.29) is 0 Å². The Labute approximate surface area is 113 Å². The normalized spacial score (nSPS) is 19.5. The zero-order valence-electron chi connectivity index (χ0n) is 11.3. The Kier molecular flexibility index (Phi) is 3.60. The van der Waals surface area contributed by atoms with Gasteiger partial charge in [0.15, 0.2) is 0 Å². The van der Waals surface area contributed by atoms with Crippen LogP contribution in [0, 0.1) is 12.8 Å². The molecule has 4 heteroatoms. The van der Waals surface area contributed by atoms with Gasteiger partial charge in [-0.15, -0.1) is 0 Å². The van der Waals surface area contributed by atoms with E-state index in [0.717, 1.165) is 42.4 Å². The summed E-state index contributed by atoms with van der Waals surface area (Å²) in [5.74, 6) is 1.64. The summed E-state index contributed by atoms with van der Waals surface area (Å²) in [7, 11) is 0. The maximum absolute atomic E-state index is 4.70. The minimum absolute atomic E-state index is 0.673. The van der Waals surface area contributed by atoms with E-state index in [2.05, 4.69) is 15.3 Å². The topological polar surface area (TPSA) is 53.6 Å². The zero-order chi connectivity index (χ0) is 13.1. The summed E-state index contributed by atoms with van der Waals surface area (Å²) >= 11 is 0. The molecule has 4 nitrogen and oxygen atoms in total. The van der Waals surface area contributed by atoms with Crippen LogP contribution in [0.5, 0.6) is 0 Å². The fourth-order valence-corrected chi connectivity index (χ4v) is 2.71. The molecule has 2 aromatic rings. The molecule has 1 fully saturated rings. The molecule has 0 radical (unpaired) electrons. The third kappa shape index (κ3) is 3.01. The molecule has 0 saturated carbocycles. The number of nitrogens with one attached hydrogen (secondary N) is 2. The summed E-state index contributed by atoms with van der Waals surface area (Å²) in [6.45, 7) is 4.28. The number of rotatable bonds is 3. The molecule has 3 rings (SSSR count). The van der Waals surface area contributed by atoms with Crippen LogP contribution >= 0.6 is 0 Å². The minimum Gasteiger partial charge on any atom is -0.360 e. The fraction of sp³-hybridized carbons (Fsp3) is 0.467. The number of hydrogen-bond donors (Lipinski definition) is 2. The number of hydrogen-bond acceptors (Lipinski definition) is 3. The molecule has 2 N–H and O–H groups in total. The van der Waals surface area contributed by atoms with Crippen LogP contribution in [0.2, 0.25) is 0 Å². The number of nitrogens with zero attached hydrogens (tertiary/aromatic N) is 2. The van der Waals surface area contributed by atoms with Gasteiger partial charge < -0.3 is 10.3 Å². The van der Waals surface area contributed by atoms with Gasteiger partial charge in [-0.05, 0) is 57.0 Å². The van der Waals surface area contributed by atoms with Gasteiger partial charge in [-0.3, -0.25) is 0 Å². The van der Waals surface area contributed by atoms with E-state index in [1.54, 1.807) is 0 Å². The highest BCUT2D eigenvalue weighted by Gasteiger charge is 2.15. The van der Waals surface area contributed by atoms with Crippen molar-refractivity contribution in [3.63, 3.8) is 0 Å². The SMILES string of the molecule is Cc1cc(-c2ccc[nH]2)nc(CC2CCCNC2)n1. The summed E-state index contributed by atoms with van der Waals surface area (Å²) in [4.78, 5) is 12.5. The molecule has 1 aliphatic rings. The monoisotopic (exact) mass is 256 g/mol. The Hall–Kier alpha value is -1.68. The first-order valence-corrected chi connectivity index (χ1v) is 7.00. The van der Waals surface area contributed by atoms with Crippen molar-refractivity contribution in [2.75, 3.05) is 13.1 Å². The molecule has 1 unspecified atom stereocenters. The molecule has 0 spiro atoms. The molecule has 0 aliphatic carbocycles. The highest BCUT2D eigenvalue weighted by atomic mass is 14.9. The van der Waals surface area contributed by atoms with Crippen LogP contribution in [0.3, 0.4) is 0 Å². The van der Waals surface area contributed by atoms with Crippen molar-refractivity contribution in [3.05, 3.63) is 35.9 Å². The third-order valence-electron chi connectivity index (χ3n) is 3.64. The largest absolute Gasteiger partial charge is 0.360 e. The van der Waals surface area contributed by atoms with Crippen LogP contribution in [0.25, 0.3) is 11.4 Å². The van der Waals surface area contributed by atoms with E-state index in [1.807, 2.05) is 31.3 Å². The lowest BCUT2D eigenvalue weighted by Crippen LogP contribution is -2.31. The van der Waals surface area contributed by atoms with E-state index in [1.165, 1.54) is 12.8 Å². The Balaban J connectivity index is 1.81. The average Bonchev–Trinajstić information content (AvgIpc) is 2.93. The van der Waals surface area contributed by atoms with Gasteiger partial charge >= 0.3 is 0 Å². The van der Waals surface area contributed by atoms with Crippen molar-refractivity contribution in [1.29, 1.82) is 0 Å². The Morgan fingerprint density at radius 1 is 1.37 bits per heavy atom. The number of aromatic nitrogens is 3. The molecule has 1 saturated heterocycles. The van der Waals surface area contributed by atoms with E-state index < -0.39 is 0 Å². The molecule has 0 aromatic carbocycles. The van der Waals surface area contributed by atoms with Crippen molar-refractivity contribution < 1.29 is 0 Å². The molecule has 1 aliphatic heterocycles. The van der Waals surface area contributed by atoms with E-state index in [9.17, 15) is 0 Å². The average molecular weight is 256 g/mol. The lowest BCUT2D eigenvalue weighted by atomic mass is 9.96. The van der Waals surface area contributed by atoms with Crippen molar-refractivity contribution in [3.8, 4) is 11.4 Å². The standard InChI is InChI=1S/C15H20N4/c1-11-8-14(13-5-3-7-17-13)19-15(18-11)9-12-4-2-6-16-10-12/h3,5,7-8,12,16-17H,2,4,6,9-10H2,1H3. The summed E-state index contributed by atoms with van der Waals surface area (Å²) in [6, 6.07) is 6.08. The molecule has 1 atom stereocenters. The van der Waals surface area contributed by atoms with Gasteiger partial charge in [-0.1, -0.05) is 0 Å². The van der Waals surface area contributed by atoms with Gasteiger partial charge in [0.25, 0.3) is 0 Å². The maximum Gasteiger partial charge on any atom is 0.129 e. The smallest absolute Gasteiger partial charge is 0.129 e. The first kappa shape index (κ1) is 12.4. The summed E-state index contributed by atoms with van der Waals surface area (Å²) in [6.07, 6.45) is 5.45. The van der Waals surface area contributed by atoms with E-state index >= 15 is 0 Å². The lowest BCUT2D eigenvalue weighted by Gasteiger charge is -2.22. The van der Waals surface area contributed by atoms with Gasteiger partial charge in [0.1, 0.15) is 5.82 Å². The van der Waals surface area contributed by atoms with Crippen LogP contribution < -0.4 is 5.32 Å². The lowest BCUT2D eigenvalue weighted by molar-refractivity contribution is 0.370. The molecular weight excluding hydrogens is 236 g/mol. The first-order valence-electron chi connectivity index (χ1n) is 7.00. The summed E-state index contributed by atoms with van der Waals surface area (Å²) in [5, 5.41) is 3.45. The highest BCUT2D eigenvalue weighted by molar-refractivity contribution is 5.54. The summed E-state index contributed by atoms with van der Waals surface area (Å²) in [5.41, 5.74) is 3.10. The maximum atomic E-state index is 4.70. The Morgan fingerprint density at radius 2 is 2.32 bits per heavy atom. The van der Waals surface area contributed by atoms with Crippen LogP contribution in [0.15, 0.2) is 24.4 Å². The minimum atomic E-state index is 0.673. The Morgan fingerprint density at radius 3 is 3.05 bits per heavy atom. The second-order valence-electron chi connectivity index (χ2n) is 5.31. The van der Waals surface area contributed by atoms with E-state index in [4.69, 9.17) is 4.98 Å². The molecule has 0 amide bonds. The molecule has 19 heavy (non-hydrogen) atoms.